The molecule has 2 aliphatic rings. The predicted octanol–water partition coefficient (Wildman–Crippen LogP) is 3.56. The molecule has 0 unspecified atom stereocenters. The molecule has 2 aromatic rings. The summed E-state index contributed by atoms with van der Waals surface area (Å²) >= 11 is 7.91. The molecule has 0 saturated carbocycles. The van der Waals surface area contributed by atoms with Gasteiger partial charge in [0.15, 0.2) is 0 Å². The molecule has 4 rings (SSSR count). The summed E-state index contributed by atoms with van der Waals surface area (Å²) < 4.78 is 0. The number of benzene rings is 1. The van der Waals surface area contributed by atoms with Crippen LogP contribution in [0.15, 0.2) is 30.3 Å². The van der Waals surface area contributed by atoms with Gasteiger partial charge in [-0.15, -0.1) is 11.3 Å². The van der Waals surface area contributed by atoms with Gasteiger partial charge in [0.05, 0.1) is 15.6 Å². The number of hydrogen-bond acceptors (Lipinski definition) is 4. The fraction of sp³-hybridized carbons (Fsp3) is 0.455. The van der Waals surface area contributed by atoms with Crippen molar-refractivity contribution in [2.45, 2.75) is 19.3 Å². The van der Waals surface area contributed by atoms with Gasteiger partial charge in [0.1, 0.15) is 0 Å². The maximum Gasteiger partial charge on any atom is 0.263 e. The quantitative estimate of drug-likeness (QED) is 0.746. The molecule has 1 atom stereocenters. The first kappa shape index (κ1) is 20.2. The number of halogens is 1. The molecule has 0 radical (unpaired) electrons. The number of carbonyl (C=O) groups is 2. The summed E-state index contributed by atoms with van der Waals surface area (Å²) in [5, 5.41) is 0.757. The van der Waals surface area contributed by atoms with Crippen LogP contribution in [0.1, 0.15) is 26.5 Å². The summed E-state index contributed by atoms with van der Waals surface area (Å²) in [6.07, 6.45) is 2.50. The van der Waals surface area contributed by atoms with Crippen LogP contribution in [-0.2, 0) is 17.6 Å². The van der Waals surface area contributed by atoms with Gasteiger partial charge in [-0.05, 0) is 43.0 Å². The highest BCUT2D eigenvalue weighted by Crippen LogP contribution is 2.34. The number of para-hydroxylation sites is 1. The summed E-state index contributed by atoms with van der Waals surface area (Å²) in [5.74, 6) is 0.315. The van der Waals surface area contributed by atoms with Crippen LogP contribution in [0.25, 0.3) is 0 Å². The van der Waals surface area contributed by atoms with Gasteiger partial charge in [-0.3, -0.25) is 9.59 Å². The molecule has 1 aromatic carbocycles. The van der Waals surface area contributed by atoms with E-state index >= 15 is 0 Å². The van der Waals surface area contributed by atoms with Gasteiger partial charge in [-0.25, -0.2) is 0 Å². The largest absolute Gasteiger partial charge is 0.367 e. The first-order valence-electron chi connectivity index (χ1n) is 10.1. The number of carbonyl (C=O) groups excluding carboxylic acids is 2. The van der Waals surface area contributed by atoms with Gasteiger partial charge in [-0.2, -0.15) is 0 Å². The van der Waals surface area contributed by atoms with Crippen molar-refractivity contribution in [2.24, 2.45) is 5.92 Å². The molecule has 1 aliphatic heterocycles. The van der Waals surface area contributed by atoms with Crippen LogP contribution in [0, 0.1) is 5.92 Å². The van der Waals surface area contributed by atoms with E-state index in [-0.39, 0.29) is 17.7 Å². The average molecular weight is 432 g/mol. The zero-order chi connectivity index (χ0) is 20.5. The van der Waals surface area contributed by atoms with Crippen molar-refractivity contribution in [2.75, 3.05) is 45.2 Å². The third kappa shape index (κ3) is 4.14. The molecule has 5 nitrogen and oxygen atoms in total. The van der Waals surface area contributed by atoms with E-state index in [4.69, 9.17) is 11.6 Å². The van der Waals surface area contributed by atoms with Crippen molar-refractivity contribution in [3.63, 3.8) is 0 Å². The van der Waals surface area contributed by atoms with Gasteiger partial charge in [-0.1, -0.05) is 23.7 Å². The highest BCUT2D eigenvalue weighted by atomic mass is 35.5. The number of amides is 2. The van der Waals surface area contributed by atoms with Crippen LogP contribution in [0.5, 0.6) is 0 Å². The summed E-state index contributed by atoms with van der Waals surface area (Å²) in [5.41, 5.74) is 2.22. The van der Waals surface area contributed by atoms with Crippen molar-refractivity contribution >= 4 is 40.4 Å². The van der Waals surface area contributed by atoms with E-state index in [9.17, 15) is 9.59 Å². The maximum atomic E-state index is 13.1. The predicted molar refractivity (Wildman–Crippen MR) is 118 cm³/mol. The molecule has 0 bridgehead atoms. The fourth-order valence-electron chi connectivity index (χ4n) is 4.19. The second kappa shape index (κ2) is 8.36. The van der Waals surface area contributed by atoms with Gasteiger partial charge in [0, 0.05) is 51.1 Å². The number of rotatable bonds is 3. The molecule has 154 valence electrons. The molecule has 1 aromatic heterocycles. The Kier molecular flexibility index (Phi) is 5.83. The van der Waals surface area contributed by atoms with E-state index < -0.39 is 0 Å². The SMILES string of the molecule is CN(C)C(=O)c1cc2c(s1)CC[C@H](C(=O)N1CCN(c3ccccc3Cl)CC1)C2. The minimum absolute atomic E-state index is 0.0197. The summed E-state index contributed by atoms with van der Waals surface area (Å²) in [6.45, 7) is 3.05. The summed E-state index contributed by atoms with van der Waals surface area (Å²) in [6, 6.07) is 9.87. The normalized spacial score (nSPS) is 19.1. The lowest BCUT2D eigenvalue weighted by Gasteiger charge is -2.38. The molecule has 1 fully saturated rings. The van der Waals surface area contributed by atoms with Crippen LogP contribution in [0.2, 0.25) is 5.02 Å². The van der Waals surface area contributed by atoms with Crippen LogP contribution in [-0.4, -0.2) is 61.9 Å². The lowest BCUT2D eigenvalue weighted by Crippen LogP contribution is -2.51. The third-order valence-electron chi connectivity index (χ3n) is 5.83. The monoisotopic (exact) mass is 431 g/mol. The Balaban J connectivity index is 1.38. The highest BCUT2D eigenvalue weighted by Gasteiger charge is 2.32. The number of aryl methyl sites for hydroxylation is 1. The molecular formula is C22H26ClN3O2S. The van der Waals surface area contributed by atoms with Crippen molar-refractivity contribution in [1.29, 1.82) is 0 Å². The van der Waals surface area contributed by atoms with Crippen molar-refractivity contribution < 1.29 is 9.59 Å². The molecule has 1 aliphatic carbocycles. The smallest absolute Gasteiger partial charge is 0.263 e. The van der Waals surface area contributed by atoms with E-state index in [1.54, 1.807) is 30.3 Å². The minimum atomic E-state index is 0.0197. The van der Waals surface area contributed by atoms with Crippen molar-refractivity contribution in [1.82, 2.24) is 9.80 Å². The first-order valence-corrected chi connectivity index (χ1v) is 11.2. The van der Waals surface area contributed by atoms with Gasteiger partial charge in [0.2, 0.25) is 5.91 Å². The van der Waals surface area contributed by atoms with Crippen LogP contribution < -0.4 is 4.90 Å². The van der Waals surface area contributed by atoms with Gasteiger partial charge >= 0.3 is 0 Å². The summed E-state index contributed by atoms with van der Waals surface area (Å²) in [7, 11) is 3.55. The standard InChI is InChI=1S/C22H26ClN3O2S/c1-24(2)22(28)20-14-16-13-15(7-8-19(16)29-20)21(27)26-11-9-25(10-12-26)18-6-4-3-5-17(18)23/h3-6,14-15H,7-13H2,1-2H3/t15-/m0/s1. The minimum Gasteiger partial charge on any atom is -0.367 e. The van der Waals surface area contributed by atoms with Gasteiger partial charge < -0.3 is 14.7 Å². The Morgan fingerprint density at radius 3 is 2.55 bits per heavy atom. The Labute approximate surface area is 180 Å². The van der Waals surface area contributed by atoms with Gasteiger partial charge in [0.25, 0.3) is 5.91 Å². The molecule has 2 amide bonds. The van der Waals surface area contributed by atoms with Crippen molar-refractivity contribution in [3.05, 3.63) is 50.7 Å². The molecule has 2 heterocycles. The number of anilines is 1. The average Bonchev–Trinajstić information content (AvgIpc) is 3.16. The lowest BCUT2D eigenvalue weighted by molar-refractivity contribution is -0.136. The Morgan fingerprint density at radius 1 is 1.14 bits per heavy atom. The van der Waals surface area contributed by atoms with Crippen LogP contribution in [0.3, 0.4) is 0 Å². The Bertz CT molecular complexity index is 919. The van der Waals surface area contributed by atoms with E-state index in [1.165, 1.54) is 10.4 Å². The fourth-order valence-corrected chi connectivity index (χ4v) is 5.68. The topological polar surface area (TPSA) is 43.9 Å². The Morgan fingerprint density at radius 2 is 1.86 bits per heavy atom. The van der Waals surface area contributed by atoms with E-state index in [1.807, 2.05) is 35.2 Å². The van der Waals surface area contributed by atoms with E-state index in [2.05, 4.69) is 4.90 Å². The van der Waals surface area contributed by atoms with Crippen LogP contribution in [0.4, 0.5) is 5.69 Å². The molecule has 29 heavy (non-hydrogen) atoms. The maximum absolute atomic E-state index is 13.1. The molecular weight excluding hydrogens is 406 g/mol. The number of hydrogen-bond donors (Lipinski definition) is 0. The second-order valence-electron chi connectivity index (χ2n) is 7.96. The van der Waals surface area contributed by atoms with E-state index in [0.717, 1.165) is 61.0 Å². The molecule has 7 heteroatoms. The van der Waals surface area contributed by atoms with E-state index in [0.29, 0.717) is 0 Å². The lowest BCUT2D eigenvalue weighted by atomic mass is 9.87. The number of piperazine rings is 1. The first-order chi connectivity index (χ1) is 13.9. The molecule has 0 N–H and O–H groups in total. The number of fused-ring (bicyclic) bond motifs is 1. The third-order valence-corrected chi connectivity index (χ3v) is 7.38. The number of thiophene rings is 1. The molecule has 0 spiro atoms. The zero-order valence-electron chi connectivity index (χ0n) is 16.9. The van der Waals surface area contributed by atoms with Crippen LogP contribution >= 0.6 is 22.9 Å². The summed E-state index contributed by atoms with van der Waals surface area (Å²) in [4.78, 5) is 33.3. The zero-order valence-corrected chi connectivity index (χ0v) is 18.4. The highest BCUT2D eigenvalue weighted by molar-refractivity contribution is 7.14. The number of nitrogens with zero attached hydrogens (tertiary/aromatic N) is 3. The second-order valence-corrected chi connectivity index (χ2v) is 9.51. The molecule has 1 saturated heterocycles. The van der Waals surface area contributed by atoms with Crippen molar-refractivity contribution in [3.8, 4) is 0 Å². The Hall–Kier alpha value is -2.05.